The van der Waals surface area contributed by atoms with E-state index in [1.54, 1.807) is 62.1 Å². The first-order chi connectivity index (χ1) is 46.3. The fraction of sp³-hybridized carbons (Fsp3) is 0.307. The van der Waals surface area contributed by atoms with Gasteiger partial charge in [-0.3, -0.25) is 4.79 Å². The summed E-state index contributed by atoms with van der Waals surface area (Å²) in [6.45, 7) is 5.18. The number of Topliss-reactive ketones (excluding diaryl/α,β-unsaturated/α-hetero) is 1. The molecule has 0 spiro atoms. The van der Waals surface area contributed by atoms with Crippen molar-refractivity contribution in [1.82, 2.24) is 0 Å². The number of hydrogen-bond donors (Lipinski definition) is 6. The maximum absolute atomic E-state index is 12.2. The fourth-order valence-corrected chi connectivity index (χ4v) is 18.9. The molecule has 0 saturated heterocycles. The van der Waals surface area contributed by atoms with E-state index >= 15 is 0 Å². The van der Waals surface area contributed by atoms with E-state index in [-0.39, 0.29) is 261 Å². The second kappa shape index (κ2) is 38.5. The van der Waals surface area contributed by atoms with Gasteiger partial charge in [-0.2, -0.15) is 0 Å². The maximum atomic E-state index is 12.2. The zero-order valence-electron chi connectivity index (χ0n) is 56.9. The second-order valence-electron chi connectivity index (χ2n) is 28.5. The van der Waals surface area contributed by atoms with Crippen molar-refractivity contribution in [3.63, 3.8) is 0 Å². The van der Waals surface area contributed by atoms with E-state index in [1.807, 2.05) is 182 Å². The molecule has 0 bridgehead atoms. The Hall–Kier alpha value is -1.77. The van der Waals surface area contributed by atoms with E-state index < -0.39 is 0 Å². The molecule has 18 rings (SSSR count). The Balaban J connectivity index is 0.000000160. The zero-order chi connectivity index (χ0) is 65.3. The number of hydrogen-bond acceptors (Lipinski definition) is 7. The number of rotatable bonds is 3. The van der Waals surface area contributed by atoms with Crippen LogP contribution in [0.15, 0.2) is 218 Å². The predicted octanol–water partition coefficient (Wildman–Crippen LogP) is 23.0. The summed E-state index contributed by atoms with van der Waals surface area (Å²) in [6, 6.07) is 68.6. The van der Waals surface area contributed by atoms with Gasteiger partial charge in [-0.05, 0) is 193 Å². The Bertz CT molecular complexity index is 4130. The molecular weight excluding hydrogens is 1410 g/mol. The van der Waals surface area contributed by atoms with Crippen molar-refractivity contribution in [2.45, 2.75) is 117 Å². The third-order valence-electron chi connectivity index (χ3n) is 23.2. The normalized spacial score (nSPS) is 21.0. The molecule has 8 unspecified atom stereocenters. The largest absolute Gasteiger partial charge is 0.507 e. The molecule has 0 aliphatic heterocycles. The topological polar surface area (TPSA) is 138 Å². The molecule has 530 valence electrons. The Morgan fingerprint density at radius 2 is 0.436 bits per heavy atom. The summed E-state index contributed by atoms with van der Waals surface area (Å²) in [5.41, 5.74) is 4.72. The molecule has 8 atom stereocenters. The molecule has 0 heterocycles. The number of aromatic hydroxyl groups is 6. The third-order valence-corrected chi connectivity index (χ3v) is 23.2. The van der Waals surface area contributed by atoms with Crippen molar-refractivity contribution < 1.29 is 262 Å². The average molecular weight is 1500 g/mol. The van der Waals surface area contributed by atoms with Crippen molar-refractivity contribution in [2.24, 2.45) is 52.8 Å². The van der Waals surface area contributed by atoms with Crippen molar-refractivity contribution in [1.29, 1.82) is 0 Å². The molecular formula is C88H88Ar6O7. The van der Waals surface area contributed by atoms with Crippen LogP contribution in [0.5, 0.6) is 34.5 Å². The quantitative estimate of drug-likeness (QED) is 0.104. The number of phenolic OH excluding ortho intramolecular Hbond substituents is 6. The van der Waals surface area contributed by atoms with Crippen LogP contribution in [0.4, 0.5) is 0 Å². The van der Waals surface area contributed by atoms with Crippen LogP contribution in [0.3, 0.4) is 0 Å². The van der Waals surface area contributed by atoms with Crippen LogP contribution in [0.25, 0.3) is 98.0 Å². The van der Waals surface area contributed by atoms with Gasteiger partial charge < -0.3 is 30.6 Å². The minimum absolute atomic E-state index is 0. The van der Waals surface area contributed by atoms with Gasteiger partial charge in [0, 0.05) is 272 Å². The smallest absolute Gasteiger partial charge is 0.139 e. The molecule has 0 amide bonds. The molecule has 0 aromatic heterocycles. The van der Waals surface area contributed by atoms with Gasteiger partial charge in [0.2, 0.25) is 0 Å². The number of benzene rings is 12. The molecule has 12 aromatic carbocycles. The Morgan fingerprint density at radius 1 is 0.248 bits per heavy atom. The Kier molecular flexibility index (Phi) is 32.4. The average Bonchev–Trinajstić information content (AvgIpc) is 1.18. The molecule has 101 heavy (non-hydrogen) atoms. The molecule has 7 nitrogen and oxygen atoms in total. The molecule has 6 fully saturated rings. The molecule has 12 aromatic rings. The van der Waals surface area contributed by atoms with Gasteiger partial charge >= 0.3 is 0 Å². The molecule has 6 aliphatic rings. The van der Waals surface area contributed by atoms with Crippen molar-refractivity contribution in [3.05, 3.63) is 218 Å². The number of phenols is 6. The number of carbonyl (C=O) groups excluding carboxylic acids is 1. The summed E-state index contributed by atoms with van der Waals surface area (Å²) in [6.07, 6.45) is 22.9. The summed E-state index contributed by atoms with van der Waals surface area (Å²) in [5.74, 6) is 8.72. The number of fused-ring (bicyclic) bond motifs is 12. The number of carbonyl (C=O) groups is 1. The van der Waals surface area contributed by atoms with Crippen LogP contribution in [-0.2, 0) is 4.79 Å². The van der Waals surface area contributed by atoms with E-state index in [0.29, 0.717) is 56.4 Å². The van der Waals surface area contributed by atoms with Crippen LogP contribution in [-0.4, -0.2) is 36.4 Å². The molecule has 6 aliphatic carbocycles. The predicted molar refractivity (Wildman–Crippen MR) is 391 cm³/mol. The number of ketones is 1. The zero-order valence-corrected chi connectivity index (χ0v) is 61.2. The summed E-state index contributed by atoms with van der Waals surface area (Å²) in [7, 11) is 0. The third kappa shape index (κ3) is 17.8. The Morgan fingerprint density at radius 3 is 0.663 bits per heavy atom. The SMILES string of the molecule is CC1(C)C2CCCCC2C2CCCCC21.O=C1C2CCCCC2C2CCCCC12.Oc1ccc2ccccc2c1-c1c(O)ccc2ccccc12.Oc1ccc2ccccc2c1-c1c(O)ccc2ccccc12.Oc1ccc2ccccc2c1-c1c(O)ccc2ccccc12.[Ar].[Ar].[Ar].[Ar].[Ar].[Ar]. The van der Waals surface area contributed by atoms with Crippen LogP contribution in [0.1, 0.15) is 117 Å². The molecule has 6 saturated carbocycles. The monoisotopic (exact) mass is 1500 g/mol. The molecule has 0 radical (unpaired) electrons. The van der Waals surface area contributed by atoms with Gasteiger partial charge in [0.25, 0.3) is 0 Å². The summed E-state index contributed by atoms with van der Waals surface area (Å²) in [4.78, 5) is 12.2. The minimum Gasteiger partial charge on any atom is -0.507 e. The first-order valence-electron chi connectivity index (χ1n) is 35.1. The summed E-state index contributed by atoms with van der Waals surface area (Å²) < 4.78 is 0. The summed E-state index contributed by atoms with van der Waals surface area (Å²) >= 11 is 0. The molecule has 6 N–H and O–H groups in total. The van der Waals surface area contributed by atoms with Crippen LogP contribution < -0.4 is 0 Å². The standard InChI is InChI=1S/3C20H14O2.C15H26.C13H20O.6Ar/c3*21-17-11-9-13-5-1-3-7-15(13)19(17)20-16-8-4-2-6-14(16)10-12-18(20)22;1-15(2)13-9-5-3-7-11(13)12-8-4-6-10-14(12)15;14-13-11-7-3-1-5-9(11)10-6-2-4-8-12(10)13;;;;;;/h3*1-12,21-22H;11-14H,3-10H2,1-2H3;9-12H,1-8H2;;;;;;. The van der Waals surface area contributed by atoms with Gasteiger partial charge in [0.1, 0.15) is 40.3 Å². The molecule has 13 heteroatoms. The van der Waals surface area contributed by atoms with E-state index in [2.05, 4.69) is 13.8 Å². The second-order valence-corrected chi connectivity index (χ2v) is 28.5. The van der Waals surface area contributed by atoms with Crippen LogP contribution in [0, 0.1) is 279 Å². The van der Waals surface area contributed by atoms with Crippen molar-refractivity contribution >= 4 is 70.4 Å². The fourth-order valence-electron chi connectivity index (χ4n) is 18.9. The summed E-state index contributed by atoms with van der Waals surface area (Å²) in [5, 5.41) is 74.3. The van der Waals surface area contributed by atoms with E-state index in [9.17, 15) is 35.4 Å². The van der Waals surface area contributed by atoms with Crippen LogP contribution in [0.2, 0.25) is 0 Å². The van der Waals surface area contributed by atoms with Crippen molar-refractivity contribution in [3.8, 4) is 67.9 Å². The maximum Gasteiger partial charge on any atom is 0.139 e. The van der Waals surface area contributed by atoms with Gasteiger partial charge in [-0.25, -0.2) is 0 Å². The first-order valence-corrected chi connectivity index (χ1v) is 35.1. The van der Waals surface area contributed by atoms with Gasteiger partial charge in [-0.1, -0.05) is 247 Å². The first kappa shape index (κ1) is 84.8. The van der Waals surface area contributed by atoms with Crippen molar-refractivity contribution in [2.75, 3.05) is 0 Å². The van der Waals surface area contributed by atoms with E-state index in [1.165, 1.54) is 77.0 Å². The van der Waals surface area contributed by atoms with E-state index in [4.69, 9.17) is 0 Å². The van der Waals surface area contributed by atoms with Gasteiger partial charge in [0.15, 0.2) is 0 Å². The minimum atomic E-state index is 0. The van der Waals surface area contributed by atoms with Crippen LogP contribution >= 0.6 is 0 Å². The van der Waals surface area contributed by atoms with E-state index in [0.717, 1.165) is 100 Å². The Labute approximate surface area is 775 Å². The van der Waals surface area contributed by atoms with Gasteiger partial charge in [-0.15, -0.1) is 0 Å². The van der Waals surface area contributed by atoms with Gasteiger partial charge in [0.05, 0.1) is 0 Å².